The van der Waals surface area contributed by atoms with Gasteiger partial charge in [-0.15, -0.1) is 0 Å². The maximum atomic E-state index is 13.9. The molecule has 2 aliphatic rings. The topological polar surface area (TPSA) is 75.7 Å². The van der Waals surface area contributed by atoms with E-state index in [1.165, 1.54) is 16.4 Å². The largest absolute Gasteiger partial charge is 0.379 e. The summed E-state index contributed by atoms with van der Waals surface area (Å²) < 4.78 is 45.5. The van der Waals surface area contributed by atoms with Gasteiger partial charge in [0.05, 0.1) is 23.8 Å². The average Bonchev–Trinajstić information content (AvgIpc) is 3.27. The Kier molecular flexibility index (Phi) is 4.39. The molecule has 0 radical (unpaired) electrons. The molecule has 0 aromatic heterocycles. The Bertz CT molecular complexity index is 716. The van der Waals surface area contributed by atoms with Crippen LogP contribution in [0.15, 0.2) is 23.1 Å². The summed E-state index contributed by atoms with van der Waals surface area (Å²) in [4.78, 5) is 11.9. The first-order valence-corrected chi connectivity index (χ1v) is 9.02. The highest BCUT2D eigenvalue weighted by Gasteiger charge is 2.39. The standard InChI is InChI=1S/C15H19FN2O4S/c1-10-8-12(10)15(19)17-14-9-11(2-3-13(14)16)23(20,21)18-4-6-22-7-5-18/h2-3,9-10,12H,4-8H2,1H3,(H,17,19)/t10-,12-/m1/s1. The second kappa shape index (κ2) is 6.18. The number of morpholine rings is 1. The van der Waals surface area contributed by atoms with Gasteiger partial charge in [-0.25, -0.2) is 12.8 Å². The Morgan fingerprint density at radius 3 is 2.61 bits per heavy atom. The fraction of sp³-hybridized carbons (Fsp3) is 0.533. The summed E-state index contributed by atoms with van der Waals surface area (Å²) in [6, 6.07) is 3.47. The SMILES string of the molecule is C[C@@H]1C[C@H]1C(=O)Nc1cc(S(=O)(=O)N2CCOCC2)ccc1F. The van der Waals surface area contributed by atoms with Crippen molar-refractivity contribution in [1.82, 2.24) is 4.31 Å². The summed E-state index contributed by atoms with van der Waals surface area (Å²) >= 11 is 0. The van der Waals surface area contributed by atoms with E-state index in [0.717, 1.165) is 12.5 Å². The number of amides is 1. The lowest BCUT2D eigenvalue weighted by atomic mass is 10.2. The number of hydrogen-bond acceptors (Lipinski definition) is 4. The van der Waals surface area contributed by atoms with Crippen LogP contribution in [0.3, 0.4) is 0 Å². The Hall–Kier alpha value is -1.51. The molecular formula is C15H19FN2O4S. The number of sulfonamides is 1. The normalized spacial score (nSPS) is 25.1. The monoisotopic (exact) mass is 342 g/mol. The lowest BCUT2D eigenvalue weighted by Gasteiger charge is -2.26. The zero-order valence-corrected chi connectivity index (χ0v) is 13.6. The van der Waals surface area contributed by atoms with Crippen LogP contribution in [0, 0.1) is 17.7 Å². The quantitative estimate of drug-likeness (QED) is 0.898. The predicted octanol–water partition coefficient (Wildman–Crippen LogP) is 1.44. The van der Waals surface area contributed by atoms with E-state index >= 15 is 0 Å². The molecule has 1 saturated heterocycles. The van der Waals surface area contributed by atoms with Crippen LogP contribution in [-0.2, 0) is 19.6 Å². The van der Waals surface area contributed by atoms with Gasteiger partial charge in [-0.3, -0.25) is 4.79 Å². The minimum absolute atomic E-state index is 0.0278. The molecule has 23 heavy (non-hydrogen) atoms. The Balaban J connectivity index is 1.83. The number of carbonyl (C=O) groups excluding carboxylic acids is 1. The van der Waals surface area contributed by atoms with Crippen molar-refractivity contribution in [2.75, 3.05) is 31.6 Å². The second-order valence-electron chi connectivity index (χ2n) is 5.97. The fourth-order valence-electron chi connectivity index (χ4n) is 2.61. The molecule has 0 spiro atoms. The molecule has 1 amide bonds. The first-order chi connectivity index (χ1) is 10.9. The maximum Gasteiger partial charge on any atom is 0.243 e. The van der Waals surface area contributed by atoms with E-state index in [0.29, 0.717) is 19.1 Å². The van der Waals surface area contributed by atoms with Crippen LogP contribution >= 0.6 is 0 Å². The summed E-state index contributed by atoms with van der Waals surface area (Å²) in [5.74, 6) is -0.739. The van der Waals surface area contributed by atoms with Gasteiger partial charge in [0.25, 0.3) is 0 Å². The molecule has 2 fully saturated rings. The number of anilines is 1. The third-order valence-electron chi connectivity index (χ3n) is 4.25. The van der Waals surface area contributed by atoms with E-state index in [-0.39, 0.29) is 35.5 Å². The molecule has 1 saturated carbocycles. The van der Waals surface area contributed by atoms with Crippen molar-refractivity contribution in [3.8, 4) is 0 Å². The smallest absolute Gasteiger partial charge is 0.243 e. The minimum atomic E-state index is -3.72. The van der Waals surface area contributed by atoms with Crippen molar-refractivity contribution in [1.29, 1.82) is 0 Å². The molecule has 1 N–H and O–H groups in total. The Morgan fingerprint density at radius 2 is 2.00 bits per heavy atom. The highest BCUT2D eigenvalue weighted by Crippen LogP contribution is 2.38. The lowest BCUT2D eigenvalue weighted by Crippen LogP contribution is -2.40. The minimum Gasteiger partial charge on any atom is -0.379 e. The van der Waals surface area contributed by atoms with E-state index < -0.39 is 15.8 Å². The van der Waals surface area contributed by atoms with Gasteiger partial charge in [0.2, 0.25) is 15.9 Å². The Morgan fingerprint density at radius 1 is 1.35 bits per heavy atom. The number of nitrogens with one attached hydrogen (secondary N) is 1. The summed E-state index contributed by atoms with van der Waals surface area (Å²) in [5.41, 5.74) is -0.0940. The van der Waals surface area contributed by atoms with Crippen molar-refractivity contribution in [3.05, 3.63) is 24.0 Å². The van der Waals surface area contributed by atoms with Gasteiger partial charge in [0, 0.05) is 19.0 Å². The van der Waals surface area contributed by atoms with Gasteiger partial charge in [0.1, 0.15) is 5.82 Å². The van der Waals surface area contributed by atoms with Crippen molar-refractivity contribution in [2.45, 2.75) is 18.2 Å². The zero-order valence-electron chi connectivity index (χ0n) is 12.8. The molecule has 1 aliphatic carbocycles. The molecule has 2 atom stereocenters. The molecule has 1 aromatic rings. The van der Waals surface area contributed by atoms with E-state index in [4.69, 9.17) is 4.74 Å². The van der Waals surface area contributed by atoms with E-state index in [2.05, 4.69) is 5.32 Å². The molecule has 1 heterocycles. The third kappa shape index (κ3) is 3.39. The van der Waals surface area contributed by atoms with Crippen LogP contribution in [0.25, 0.3) is 0 Å². The summed E-state index contributed by atoms with van der Waals surface area (Å²) in [6.45, 7) is 3.15. The second-order valence-corrected chi connectivity index (χ2v) is 7.90. The molecule has 0 unspecified atom stereocenters. The number of nitrogens with zero attached hydrogens (tertiary/aromatic N) is 1. The number of rotatable bonds is 4. The van der Waals surface area contributed by atoms with Gasteiger partial charge in [-0.1, -0.05) is 6.92 Å². The van der Waals surface area contributed by atoms with Gasteiger partial charge in [-0.05, 0) is 30.5 Å². The molecule has 6 nitrogen and oxygen atoms in total. The van der Waals surface area contributed by atoms with E-state index in [9.17, 15) is 17.6 Å². The van der Waals surface area contributed by atoms with Gasteiger partial charge in [-0.2, -0.15) is 4.31 Å². The highest BCUT2D eigenvalue weighted by atomic mass is 32.2. The number of halogens is 1. The maximum absolute atomic E-state index is 13.9. The first-order valence-electron chi connectivity index (χ1n) is 7.58. The fourth-order valence-corrected chi connectivity index (χ4v) is 4.04. The summed E-state index contributed by atoms with van der Waals surface area (Å²) in [7, 11) is -3.72. The Labute approximate surface area is 134 Å². The number of ether oxygens (including phenoxy) is 1. The van der Waals surface area contributed by atoms with Crippen molar-refractivity contribution < 1.29 is 22.3 Å². The van der Waals surface area contributed by atoms with Crippen LogP contribution in [0.4, 0.5) is 10.1 Å². The lowest BCUT2D eigenvalue weighted by molar-refractivity contribution is -0.117. The van der Waals surface area contributed by atoms with Crippen LogP contribution in [0.5, 0.6) is 0 Å². The third-order valence-corrected chi connectivity index (χ3v) is 6.14. The molecule has 1 aliphatic heterocycles. The van der Waals surface area contributed by atoms with E-state index in [1.54, 1.807) is 0 Å². The first kappa shape index (κ1) is 16.4. The van der Waals surface area contributed by atoms with Gasteiger partial charge < -0.3 is 10.1 Å². The molecule has 1 aromatic carbocycles. The number of carbonyl (C=O) groups is 1. The summed E-state index contributed by atoms with van der Waals surface area (Å²) in [5, 5.41) is 2.50. The van der Waals surface area contributed by atoms with Crippen molar-refractivity contribution in [3.63, 3.8) is 0 Å². The number of hydrogen-bond donors (Lipinski definition) is 1. The van der Waals surface area contributed by atoms with Crippen molar-refractivity contribution >= 4 is 21.6 Å². The van der Waals surface area contributed by atoms with Gasteiger partial charge in [0.15, 0.2) is 0 Å². The van der Waals surface area contributed by atoms with Crippen LogP contribution in [0.1, 0.15) is 13.3 Å². The van der Waals surface area contributed by atoms with Crippen LogP contribution in [0.2, 0.25) is 0 Å². The molecule has 3 rings (SSSR count). The molecule has 0 bridgehead atoms. The highest BCUT2D eigenvalue weighted by molar-refractivity contribution is 7.89. The number of benzene rings is 1. The van der Waals surface area contributed by atoms with E-state index in [1.807, 2.05) is 6.92 Å². The molecule has 126 valence electrons. The average molecular weight is 342 g/mol. The van der Waals surface area contributed by atoms with Gasteiger partial charge >= 0.3 is 0 Å². The predicted molar refractivity (Wildman–Crippen MR) is 81.9 cm³/mol. The van der Waals surface area contributed by atoms with Crippen LogP contribution < -0.4 is 5.32 Å². The zero-order chi connectivity index (χ0) is 16.6. The molecule has 8 heteroatoms. The summed E-state index contributed by atoms with van der Waals surface area (Å²) in [6.07, 6.45) is 0.777. The van der Waals surface area contributed by atoms with Crippen LogP contribution in [-0.4, -0.2) is 44.9 Å². The molecular weight excluding hydrogens is 323 g/mol. The van der Waals surface area contributed by atoms with Crippen molar-refractivity contribution in [2.24, 2.45) is 11.8 Å².